The zero-order chi connectivity index (χ0) is 29.9. The standard InChI is InChI=1S/C32H30N8O3/c1-3-23(37-29-28-26(16-17-33-29)35-19-36-28)30-38-25-11-7-10-24(27(25)32(42)40(30)22-8-5-4-6-9-22)34-18-20-12-14-21(15-13-20)31(41)39(2)43/h4-17,19,23,34,43H,3,18H2,1-2H3,(H,33,37)(H,35,36)/t23-/m0/s1. The van der Waals surface area contributed by atoms with Crippen LogP contribution in [0.15, 0.2) is 96.2 Å². The second-order valence-electron chi connectivity index (χ2n) is 10.1. The number of carbonyl (C=O) groups is 1. The first-order chi connectivity index (χ1) is 20.9. The average Bonchev–Trinajstić information content (AvgIpc) is 3.52. The number of amides is 1. The molecule has 1 atom stereocenters. The molecule has 11 heteroatoms. The van der Waals surface area contributed by atoms with Gasteiger partial charge in [-0.25, -0.2) is 20.0 Å². The minimum atomic E-state index is -0.492. The number of nitrogens with one attached hydrogen (secondary N) is 3. The summed E-state index contributed by atoms with van der Waals surface area (Å²) >= 11 is 0. The number of hydrogen-bond donors (Lipinski definition) is 4. The molecule has 4 N–H and O–H groups in total. The van der Waals surface area contributed by atoms with Gasteiger partial charge in [-0.3, -0.25) is 19.4 Å². The van der Waals surface area contributed by atoms with Gasteiger partial charge in [0.25, 0.3) is 11.5 Å². The Labute approximate surface area is 246 Å². The van der Waals surface area contributed by atoms with E-state index in [1.165, 1.54) is 7.05 Å². The summed E-state index contributed by atoms with van der Waals surface area (Å²) < 4.78 is 1.66. The summed E-state index contributed by atoms with van der Waals surface area (Å²) in [5.74, 6) is 0.675. The fourth-order valence-electron chi connectivity index (χ4n) is 5.09. The molecule has 0 fully saturated rings. The molecule has 1 amide bonds. The van der Waals surface area contributed by atoms with Crippen LogP contribution in [0.1, 0.15) is 41.1 Å². The van der Waals surface area contributed by atoms with Crippen molar-refractivity contribution in [3.8, 4) is 5.69 Å². The first kappa shape index (κ1) is 27.6. The highest BCUT2D eigenvalue weighted by Gasteiger charge is 2.23. The van der Waals surface area contributed by atoms with Crippen molar-refractivity contribution in [1.82, 2.24) is 29.6 Å². The van der Waals surface area contributed by atoms with Crippen LogP contribution in [0.5, 0.6) is 0 Å². The van der Waals surface area contributed by atoms with Gasteiger partial charge in [0.05, 0.1) is 34.5 Å². The second kappa shape index (κ2) is 11.7. The largest absolute Gasteiger partial charge is 0.380 e. The number of anilines is 2. The van der Waals surface area contributed by atoms with E-state index in [-0.39, 0.29) is 11.6 Å². The minimum Gasteiger partial charge on any atom is -0.380 e. The summed E-state index contributed by atoms with van der Waals surface area (Å²) in [5, 5.41) is 17.3. The third kappa shape index (κ3) is 5.41. The summed E-state index contributed by atoms with van der Waals surface area (Å²) in [6, 6.07) is 23.5. The van der Waals surface area contributed by atoms with Crippen LogP contribution in [0.3, 0.4) is 0 Å². The molecule has 0 saturated heterocycles. The molecule has 6 aromatic rings. The van der Waals surface area contributed by atoms with Crippen LogP contribution in [-0.2, 0) is 6.54 Å². The number of nitrogens with zero attached hydrogens (tertiary/aromatic N) is 5. The Bertz CT molecular complexity index is 1970. The topological polar surface area (TPSA) is 141 Å². The highest BCUT2D eigenvalue weighted by atomic mass is 16.5. The number of hydroxylamine groups is 2. The first-order valence-corrected chi connectivity index (χ1v) is 13.9. The van der Waals surface area contributed by atoms with Crippen LogP contribution in [0, 0.1) is 0 Å². The maximum Gasteiger partial charge on any atom is 0.276 e. The lowest BCUT2D eigenvalue weighted by Crippen LogP contribution is -2.28. The van der Waals surface area contributed by atoms with Crippen LogP contribution >= 0.6 is 0 Å². The molecule has 0 aliphatic rings. The zero-order valence-electron chi connectivity index (χ0n) is 23.7. The Kier molecular flexibility index (Phi) is 7.54. The fourth-order valence-corrected chi connectivity index (χ4v) is 5.09. The lowest BCUT2D eigenvalue weighted by molar-refractivity contribution is -0.0374. The number of aromatic amines is 1. The lowest BCUT2D eigenvalue weighted by Gasteiger charge is -2.23. The number of aromatic nitrogens is 5. The van der Waals surface area contributed by atoms with Gasteiger partial charge in [-0.1, -0.05) is 43.3 Å². The molecule has 0 saturated carbocycles. The van der Waals surface area contributed by atoms with E-state index in [9.17, 15) is 14.8 Å². The SMILES string of the molecule is CC[C@H](Nc1nccc2[nH]cnc12)c1nc2cccc(NCc3ccc(C(=O)N(C)O)cc3)c2c(=O)n1-c1ccccc1. The van der Waals surface area contributed by atoms with E-state index in [1.807, 2.05) is 61.5 Å². The highest BCUT2D eigenvalue weighted by molar-refractivity contribution is 5.93. The maximum absolute atomic E-state index is 14.4. The van der Waals surface area contributed by atoms with Gasteiger partial charge in [-0.05, 0) is 54.4 Å². The van der Waals surface area contributed by atoms with Gasteiger partial charge >= 0.3 is 0 Å². The fraction of sp³-hybridized carbons (Fsp3) is 0.156. The monoisotopic (exact) mass is 574 g/mol. The molecule has 0 bridgehead atoms. The van der Waals surface area contributed by atoms with Crippen LogP contribution in [-0.4, -0.2) is 47.7 Å². The molecule has 0 aliphatic heterocycles. The van der Waals surface area contributed by atoms with Gasteiger partial charge in [0.2, 0.25) is 0 Å². The van der Waals surface area contributed by atoms with E-state index < -0.39 is 5.91 Å². The van der Waals surface area contributed by atoms with Gasteiger partial charge in [0.1, 0.15) is 11.3 Å². The number of hydrogen-bond acceptors (Lipinski definition) is 8. The quantitative estimate of drug-likeness (QED) is 0.135. The lowest BCUT2D eigenvalue weighted by atomic mass is 10.1. The van der Waals surface area contributed by atoms with Gasteiger partial charge in [-0.2, -0.15) is 0 Å². The molecule has 43 heavy (non-hydrogen) atoms. The van der Waals surface area contributed by atoms with E-state index in [1.54, 1.807) is 41.4 Å². The Morgan fingerprint density at radius 3 is 2.56 bits per heavy atom. The van der Waals surface area contributed by atoms with E-state index >= 15 is 0 Å². The summed E-state index contributed by atoms with van der Waals surface area (Å²) in [5.41, 5.74) is 4.55. The predicted molar refractivity (Wildman–Crippen MR) is 166 cm³/mol. The number of benzene rings is 3. The Morgan fingerprint density at radius 1 is 1.02 bits per heavy atom. The minimum absolute atomic E-state index is 0.201. The summed E-state index contributed by atoms with van der Waals surface area (Å²) in [6.45, 7) is 2.44. The summed E-state index contributed by atoms with van der Waals surface area (Å²) in [7, 11) is 1.29. The van der Waals surface area contributed by atoms with Crippen molar-refractivity contribution in [3.05, 3.63) is 119 Å². The third-order valence-electron chi connectivity index (χ3n) is 7.28. The van der Waals surface area contributed by atoms with Gasteiger partial charge in [0.15, 0.2) is 5.82 Å². The Balaban J connectivity index is 1.40. The molecule has 0 unspecified atom stereocenters. The number of pyridine rings is 1. The van der Waals surface area contributed by atoms with Crippen LogP contribution in [0.25, 0.3) is 27.6 Å². The van der Waals surface area contributed by atoms with Crippen molar-refractivity contribution in [3.63, 3.8) is 0 Å². The number of para-hydroxylation sites is 1. The van der Waals surface area contributed by atoms with E-state index in [0.717, 1.165) is 11.1 Å². The van der Waals surface area contributed by atoms with Gasteiger partial charge in [0, 0.05) is 31.0 Å². The number of imidazole rings is 1. The van der Waals surface area contributed by atoms with Crippen molar-refractivity contribution < 1.29 is 10.0 Å². The average molecular weight is 575 g/mol. The summed E-state index contributed by atoms with van der Waals surface area (Å²) in [4.78, 5) is 43.5. The third-order valence-corrected chi connectivity index (χ3v) is 7.28. The molecule has 6 rings (SSSR count). The number of rotatable bonds is 9. The van der Waals surface area contributed by atoms with Crippen molar-refractivity contribution in [1.29, 1.82) is 0 Å². The molecule has 3 aromatic carbocycles. The van der Waals surface area contributed by atoms with Crippen molar-refractivity contribution in [2.45, 2.75) is 25.9 Å². The van der Waals surface area contributed by atoms with Crippen molar-refractivity contribution in [2.75, 3.05) is 17.7 Å². The molecular formula is C32H30N8O3. The molecule has 3 heterocycles. The summed E-state index contributed by atoms with van der Waals surface area (Å²) in [6.07, 6.45) is 3.97. The van der Waals surface area contributed by atoms with Gasteiger partial charge < -0.3 is 15.6 Å². The number of H-pyrrole nitrogens is 1. The smallest absolute Gasteiger partial charge is 0.276 e. The molecule has 0 spiro atoms. The number of fused-ring (bicyclic) bond motifs is 2. The van der Waals surface area contributed by atoms with Crippen LogP contribution < -0.4 is 16.2 Å². The number of carbonyl (C=O) groups excluding carboxylic acids is 1. The molecule has 0 aliphatic carbocycles. The van der Waals surface area contributed by atoms with E-state index in [0.29, 0.717) is 63.0 Å². The Morgan fingerprint density at radius 2 is 1.81 bits per heavy atom. The maximum atomic E-state index is 14.4. The van der Waals surface area contributed by atoms with Crippen molar-refractivity contribution in [2.24, 2.45) is 0 Å². The zero-order valence-corrected chi connectivity index (χ0v) is 23.7. The molecule has 0 radical (unpaired) electrons. The van der Waals surface area contributed by atoms with E-state index in [2.05, 4.69) is 25.6 Å². The normalized spacial score (nSPS) is 11.9. The highest BCUT2D eigenvalue weighted by Crippen LogP contribution is 2.28. The van der Waals surface area contributed by atoms with Crippen molar-refractivity contribution >= 4 is 39.3 Å². The van der Waals surface area contributed by atoms with Crippen LogP contribution in [0.4, 0.5) is 11.5 Å². The molecule has 3 aromatic heterocycles. The predicted octanol–water partition coefficient (Wildman–Crippen LogP) is 5.29. The molecule has 216 valence electrons. The Hall–Kier alpha value is -5.55. The van der Waals surface area contributed by atoms with Gasteiger partial charge in [-0.15, -0.1) is 0 Å². The second-order valence-corrected chi connectivity index (χ2v) is 10.1. The molecule has 11 nitrogen and oxygen atoms in total. The van der Waals surface area contributed by atoms with E-state index in [4.69, 9.17) is 4.98 Å². The molecular weight excluding hydrogens is 544 g/mol. The van der Waals surface area contributed by atoms with Crippen LogP contribution in [0.2, 0.25) is 0 Å². The first-order valence-electron chi connectivity index (χ1n) is 13.9.